The van der Waals surface area contributed by atoms with Crippen molar-refractivity contribution in [1.82, 2.24) is 0 Å². The second-order valence-corrected chi connectivity index (χ2v) is 6.41. The molecule has 0 bridgehead atoms. The van der Waals surface area contributed by atoms with E-state index in [2.05, 4.69) is 62.2 Å². The molecule has 0 aromatic heterocycles. The first-order chi connectivity index (χ1) is 8.15. The molecular formula is C13H11Br2NS. The van der Waals surface area contributed by atoms with Crippen LogP contribution in [0.3, 0.4) is 0 Å². The molecule has 0 aliphatic heterocycles. The second kappa shape index (κ2) is 5.94. The lowest BCUT2D eigenvalue weighted by Gasteiger charge is -2.05. The van der Waals surface area contributed by atoms with Gasteiger partial charge in [0.15, 0.2) is 0 Å². The summed E-state index contributed by atoms with van der Waals surface area (Å²) in [5.41, 5.74) is 7.75. The minimum Gasteiger partial charge on any atom is -0.399 e. The van der Waals surface area contributed by atoms with Crippen molar-refractivity contribution in [3.8, 4) is 0 Å². The number of hydrogen-bond donors (Lipinski definition) is 1. The number of halogens is 2. The first-order valence-electron chi connectivity index (χ1n) is 5.07. The topological polar surface area (TPSA) is 26.0 Å². The first-order valence-corrected chi connectivity index (χ1v) is 7.64. The Labute approximate surface area is 122 Å². The standard InChI is InChI=1S/C13H11Br2NS/c14-10-2-5-12(6-3-10)17-8-9-1-4-11(16)7-13(9)15/h1-7H,8,16H2. The average Bonchev–Trinajstić information content (AvgIpc) is 2.30. The summed E-state index contributed by atoms with van der Waals surface area (Å²) in [5, 5.41) is 0. The summed E-state index contributed by atoms with van der Waals surface area (Å²) in [6.07, 6.45) is 0. The normalized spacial score (nSPS) is 10.5. The first kappa shape index (κ1) is 13.0. The fourth-order valence-corrected chi connectivity index (χ4v) is 3.26. The molecule has 0 aliphatic carbocycles. The van der Waals surface area contributed by atoms with Crippen LogP contribution >= 0.6 is 43.6 Å². The molecule has 0 unspecified atom stereocenters. The van der Waals surface area contributed by atoms with Crippen LogP contribution in [0.2, 0.25) is 0 Å². The summed E-state index contributed by atoms with van der Waals surface area (Å²) in [4.78, 5) is 1.26. The van der Waals surface area contributed by atoms with E-state index >= 15 is 0 Å². The van der Waals surface area contributed by atoms with Gasteiger partial charge in [0.2, 0.25) is 0 Å². The minimum absolute atomic E-state index is 0.786. The van der Waals surface area contributed by atoms with E-state index < -0.39 is 0 Å². The number of nitrogens with two attached hydrogens (primary N) is 1. The maximum Gasteiger partial charge on any atom is 0.0325 e. The maximum atomic E-state index is 5.71. The van der Waals surface area contributed by atoms with Gasteiger partial charge >= 0.3 is 0 Å². The third-order valence-corrected chi connectivity index (χ3v) is 4.61. The highest BCUT2D eigenvalue weighted by molar-refractivity contribution is 9.10. The molecule has 17 heavy (non-hydrogen) atoms. The van der Waals surface area contributed by atoms with Gasteiger partial charge in [-0.25, -0.2) is 0 Å². The van der Waals surface area contributed by atoms with Gasteiger partial charge in [0.05, 0.1) is 0 Å². The van der Waals surface area contributed by atoms with Gasteiger partial charge in [-0.2, -0.15) is 0 Å². The molecule has 88 valence electrons. The van der Waals surface area contributed by atoms with Crippen molar-refractivity contribution >= 4 is 49.3 Å². The van der Waals surface area contributed by atoms with Gasteiger partial charge in [-0.15, -0.1) is 11.8 Å². The molecule has 1 nitrogen and oxygen atoms in total. The SMILES string of the molecule is Nc1ccc(CSc2ccc(Br)cc2)c(Br)c1. The summed E-state index contributed by atoms with van der Waals surface area (Å²) in [6.45, 7) is 0. The lowest BCUT2D eigenvalue weighted by molar-refractivity contribution is 1.35. The van der Waals surface area contributed by atoms with E-state index in [4.69, 9.17) is 5.73 Å². The Hall–Kier alpha value is -0.450. The molecule has 4 heteroatoms. The van der Waals surface area contributed by atoms with Gasteiger partial charge in [-0.05, 0) is 42.0 Å². The van der Waals surface area contributed by atoms with Crippen LogP contribution in [0, 0.1) is 0 Å². The zero-order valence-corrected chi connectivity index (χ0v) is 13.0. The van der Waals surface area contributed by atoms with Crippen LogP contribution in [-0.4, -0.2) is 0 Å². The van der Waals surface area contributed by atoms with Crippen LogP contribution in [0.1, 0.15) is 5.56 Å². The van der Waals surface area contributed by atoms with Gasteiger partial charge in [0.25, 0.3) is 0 Å². The summed E-state index contributed by atoms with van der Waals surface area (Å²) < 4.78 is 2.18. The lowest BCUT2D eigenvalue weighted by atomic mass is 10.2. The Bertz CT molecular complexity index is 511. The monoisotopic (exact) mass is 371 g/mol. The van der Waals surface area contributed by atoms with Gasteiger partial charge in [-0.1, -0.05) is 37.9 Å². The van der Waals surface area contributed by atoms with E-state index in [0.717, 1.165) is 20.4 Å². The summed E-state index contributed by atoms with van der Waals surface area (Å²) in [5.74, 6) is 0.933. The third kappa shape index (κ3) is 3.76. The number of rotatable bonds is 3. The molecule has 0 saturated heterocycles. The molecule has 2 aromatic carbocycles. The molecular weight excluding hydrogens is 362 g/mol. The van der Waals surface area contributed by atoms with Gasteiger partial charge in [0.1, 0.15) is 0 Å². The number of thioether (sulfide) groups is 1. The molecule has 0 fully saturated rings. The number of nitrogen functional groups attached to an aromatic ring is 1. The van der Waals surface area contributed by atoms with E-state index in [1.54, 1.807) is 0 Å². The van der Waals surface area contributed by atoms with Crippen LogP contribution in [0.25, 0.3) is 0 Å². The number of hydrogen-bond acceptors (Lipinski definition) is 2. The second-order valence-electron chi connectivity index (χ2n) is 3.59. The van der Waals surface area contributed by atoms with Crippen molar-refractivity contribution < 1.29 is 0 Å². The smallest absolute Gasteiger partial charge is 0.0325 e. The number of anilines is 1. The summed E-state index contributed by atoms with van der Waals surface area (Å²) in [6, 6.07) is 14.3. The molecule has 2 N–H and O–H groups in total. The van der Waals surface area contributed by atoms with Crippen LogP contribution in [-0.2, 0) is 5.75 Å². The van der Waals surface area contributed by atoms with Crippen molar-refractivity contribution in [3.05, 3.63) is 57.0 Å². The zero-order valence-electron chi connectivity index (χ0n) is 8.99. The van der Waals surface area contributed by atoms with E-state index in [-0.39, 0.29) is 0 Å². The van der Waals surface area contributed by atoms with Gasteiger partial charge in [-0.3, -0.25) is 0 Å². The van der Waals surface area contributed by atoms with E-state index in [1.807, 2.05) is 23.9 Å². The highest BCUT2D eigenvalue weighted by Crippen LogP contribution is 2.28. The van der Waals surface area contributed by atoms with Crippen molar-refractivity contribution in [2.24, 2.45) is 0 Å². The third-order valence-electron chi connectivity index (χ3n) is 2.29. The maximum absolute atomic E-state index is 5.71. The highest BCUT2D eigenvalue weighted by Gasteiger charge is 2.01. The Morgan fingerprint density at radius 3 is 2.35 bits per heavy atom. The fourth-order valence-electron chi connectivity index (χ4n) is 1.37. The Kier molecular flexibility index (Phi) is 4.54. The summed E-state index contributed by atoms with van der Waals surface area (Å²) in [7, 11) is 0. The highest BCUT2D eigenvalue weighted by atomic mass is 79.9. The minimum atomic E-state index is 0.786. The Balaban J connectivity index is 2.04. The quantitative estimate of drug-likeness (QED) is 0.600. The molecule has 0 atom stereocenters. The van der Waals surface area contributed by atoms with Crippen molar-refractivity contribution in [2.75, 3.05) is 5.73 Å². The number of benzene rings is 2. The van der Waals surface area contributed by atoms with Gasteiger partial charge in [0, 0.05) is 25.3 Å². The zero-order chi connectivity index (χ0) is 12.3. The van der Waals surface area contributed by atoms with Crippen molar-refractivity contribution in [1.29, 1.82) is 0 Å². The van der Waals surface area contributed by atoms with Crippen LogP contribution in [0.5, 0.6) is 0 Å². The van der Waals surface area contributed by atoms with Crippen molar-refractivity contribution in [3.63, 3.8) is 0 Å². The predicted octanol–water partition coefficient (Wildman–Crippen LogP) is 5.09. The lowest BCUT2D eigenvalue weighted by Crippen LogP contribution is -1.88. The van der Waals surface area contributed by atoms with E-state index in [1.165, 1.54) is 10.5 Å². The van der Waals surface area contributed by atoms with Crippen LogP contribution in [0.15, 0.2) is 56.3 Å². The van der Waals surface area contributed by atoms with E-state index in [9.17, 15) is 0 Å². The molecule has 0 saturated carbocycles. The molecule has 0 amide bonds. The van der Waals surface area contributed by atoms with Crippen LogP contribution < -0.4 is 5.73 Å². The Morgan fingerprint density at radius 2 is 1.71 bits per heavy atom. The summed E-state index contributed by atoms with van der Waals surface area (Å²) >= 11 is 8.77. The van der Waals surface area contributed by atoms with Crippen LogP contribution in [0.4, 0.5) is 5.69 Å². The molecule has 2 rings (SSSR count). The van der Waals surface area contributed by atoms with Crippen molar-refractivity contribution in [2.45, 2.75) is 10.6 Å². The molecule has 0 heterocycles. The Morgan fingerprint density at radius 1 is 1.00 bits per heavy atom. The molecule has 0 aliphatic rings. The molecule has 0 spiro atoms. The van der Waals surface area contributed by atoms with E-state index in [0.29, 0.717) is 0 Å². The largest absolute Gasteiger partial charge is 0.399 e. The fraction of sp³-hybridized carbons (Fsp3) is 0.0769. The van der Waals surface area contributed by atoms with Gasteiger partial charge < -0.3 is 5.73 Å². The average molecular weight is 373 g/mol. The molecule has 0 radical (unpaired) electrons. The predicted molar refractivity (Wildman–Crippen MR) is 82.3 cm³/mol. The molecule has 2 aromatic rings.